The van der Waals surface area contributed by atoms with Crippen molar-refractivity contribution in [1.29, 1.82) is 0 Å². The number of aromatic nitrogens is 2. The summed E-state index contributed by atoms with van der Waals surface area (Å²) in [7, 11) is 0. The quantitative estimate of drug-likeness (QED) is 0.199. The number of rotatable bonds is 10. The number of hydrogen-bond acceptors (Lipinski definition) is 5. The fourth-order valence-electron chi connectivity index (χ4n) is 4.43. The fourth-order valence-corrected chi connectivity index (χ4v) is 4.43. The van der Waals surface area contributed by atoms with Crippen LogP contribution in [0, 0.1) is 5.92 Å². The summed E-state index contributed by atoms with van der Waals surface area (Å²) in [6.07, 6.45) is 13.5. The molecule has 1 aromatic heterocycles. The number of nitrogens with zero attached hydrogens (tertiary/aromatic N) is 5. The summed E-state index contributed by atoms with van der Waals surface area (Å²) < 4.78 is 0. The van der Waals surface area contributed by atoms with E-state index in [0.717, 1.165) is 50.4 Å². The molecule has 2 aliphatic rings. The number of carbonyl (C=O) groups excluding carboxylic acids is 1. The van der Waals surface area contributed by atoms with E-state index in [0.29, 0.717) is 26.1 Å². The predicted octanol–water partition coefficient (Wildman–Crippen LogP) is 3.05. The minimum atomic E-state index is 0. The number of halogens is 1. The van der Waals surface area contributed by atoms with Crippen LogP contribution in [0.3, 0.4) is 0 Å². The molecule has 8 nitrogen and oxygen atoms in total. The highest BCUT2D eigenvalue weighted by Crippen LogP contribution is 2.28. The number of piperazine rings is 1. The van der Waals surface area contributed by atoms with Gasteiger partial charge in [0, 0.05) is 64.6 Å². The van der Waals surface area contributed by atoms with E-state index in [-0.39, 0.29) is 29.9 Å². The average Bonchev–Trinajstić information content (AvgIpc) is 3.33. The molecule has 32 heavy (non-hydrogen) atoms. The molecule has 1 aromatic rings. The molecule has 1 saturated carbocycles. The van der Waals surface area contributed by atoms with Gasteiger partial charge in [0.1, 0.15) is 0 Å². The van der Waals surface area contributed by atoms with E-state index < -0.39 is 0 Å². The van der Waals surface area contributed by atoms with Crippen LogP contribution < -0.4 is 15.5 Å². The molecule has 0 unspecified atom stereocenters. The number of nitrogens with one attached hydrogen (secondary N) is 2. The van der Waals surface area contributed by atoms with E-state index in [2.05, 4.69) is 37.4 Å². The third-order valence-corrected chi connectivity index (χ3v) is 6.21. The van der Waals surface area contributed by atoms with Gasteiger partial charge in [-0.05, 0) is 25.3 Å². The minimum absolute atomic E-state index is 0. The van der Waals surface area contributed by atoms with E-state index in [1.165, 1.54) is 38.5 Å². The van der Waals surface area contributed by atoms with E-state index >= 15 is 0 Å². The van der Waals surface area contributed by atoms with Crippen molar-refractivity contribution in [2.45, 2.75) is 58.3 Å². The van der Waals surface area contributed by atoms with Gasteiger partial charge in [0.05, 0.1) is 0 Å². The molecule has 0 radical (unpaired) electrons. The molecule has 0 aromatic carbocycles. The number of hydrogen-bond donors (Lipinski definition) is 2. The fraction of sp³-hybridized carbons (Fsp3) is 0.739. The smallest absolute Gasteiger partial charge is 0.225 e. The van der Waals surface area contributed by atoms with Crippen LogP contribution in [0.4, 0.5) is 5.95 Å². The van der Waals surface area contributed by atoms with E-state index in [1.807, 2.05) is 11.0 Å². The second-order valence-electron chi connectivity index (χ2n) is 8.50. The molecule has 1 amide bonds. The highest BCUT2D eigenvalue weighted by atomic mass is 127. The molecule has 180 valence electrons. The lowest BCUT2D eigenvalue weighted by atomic mass is 10.0. The highest BCUT2D eigenvalue weighted by Gasteiger charge is 2.22. The first kappa shape index (κ1) is 26.6. The molecule has 2 heterocycles. The highest BCUT2D eigenvalue weighted by molar-refractivity contribution is 14.0. The third-order valence-electron chi connectivity index (χ3n) is 6.21. The van der Waals surface area contributed by atoms with Gasteiger partial charge in [-0.2, -0.15) is 0 Å². The zero-order valence-electron chi connectivity index (χ0n) is 19.5. The second kappa shape index (κ2) is 15.2. The van der Waals surface area contributed by atoms with Gasteiger partial charge in [0.2, 0.25) is 11.9 Å². The summed E-state index contributed by atoms with van der Waals surface area (Å²) in [5.41, 5.74) is 0. The average molecular weight is 558 g/mol. The van der Waals surface area contributed by atoms with Crippen molar-refractivity contribution in [2.24, 2.45) is 10.9 Å². The molecule has 0 spiro atoms. The van der Waals surface area contributed by atoms with Gasteiger partial charge in [0.25, 0.3) is 0 Å². The molecular weight excluding hydrogens is 517 g/mol. The van der Waals surface area contributed by atoms with Gasteiger partial charge >= 0.3 is 0 Å². The molecule has 3 rings (SSSR count). The summed E-state index contributed by atoms with van der Waals surface area (Å²) in [6, 6.07) is 1.82. The largest absolute Gasteiger partial charge is 0.357 e. The van der Waals surface area contributed by atoms with Crippen LogP contribution in [0.2, 0.25) is 0 Å². The molecule has 1 saturated heterocycles. The van der Waals surface area contributed by atoms with Crippen molar-refractivity contribution < 1.29 is 4.79 Å². The lowest BCUT2D eigenvalue weighted by molar-refractivity contribution is -0.131. The van der Waals surface area contributed by atoms with E-state index in [9.17, 15) is 4.79 Å². The lowest BCUT2D eigenvalue weighted by Gasteiger charge is -2.34. The van der Waals surface area contributed by atoms with E-state index in [4.69, 9.17) is 0 Å². The van der Waals surface area contributed by atoms with Crippen LogP contribution in [0.25, 0.3) is 0 Å². The Kier molecular flexibility index (Phi) is 12.7. The van der Waals surface area contributed by atoms with E-state index in [1.54, 1.807) is 12.4 Å². The van der Waals surface area contributed by atoms with Crippen LogP contribution >= 0.6 is 24.0 Å². The van der Waals surface area contributed by atoms with Crippen LogP contribution in [0.15, 0.2) is 23.5 Å². The number of unbranched alkanes of at least 4 members (excludes halogenated alkanes) is 1. The van der Waals surface area contributed by atoms with Gasteiger partial charge in [-0.1, -0.05) is 38.5 Å². The maximum atomic E-state index is 12.6. The number of aliphatic imine (C=N–C) groups is 1. The first-order chi connectivity index (χ1) is 15.3. The summed E-state index contributed by atoms with van der Waals surface area (Å²) in [4.78, 5) is 29.9. The van der Waals surface area contributed by atoms with Crippen LogP contribution in [-0.2, 0) is 4.79 Å². The summed E-state index contributed by atoms with van der Waals surface area (Å²) >= 11 is 0. The Morgan fingerprint density at radius 3 is 2.50 bits per heavy atom. The second-order valence-corrected chi connectivity index (χ2v) is 8.50. The van der Waals surface area contributed by atoms with Gasteiger partial charge in [0.15, 0.2) is 5.96 Å². The van der Waals surface area contributed by atoms with Crippen molar-refractivity contribution in [1.82, 2.24) is 25.5 Å². The molecule has 0 bridgehead atoms. The first-order valence-corrected chi connectivity index (χ1v) is 12.1. The lowest BCUT2D eigenvalue weighted by Crippen LogP contribution is -2.50. The van der Waals surface area contributed by atoms with Crippen LogP contribution in [0.5, 0.6) is 0 Å². The van der Waals surface area contributed by atoms with Crippen molar-refractivity contribution in [3.05, 3.63) is 18.5 Å². The summed E-state index contributed by atoms with van der Waals surface area (Å²) in [5.74, 6) is 2.71. The number of anilines is 1. The van der Waals surface area contributed by atoms with Crippen molar-refractivity contribution >= 4 is 41.8 Å². The Balaban J connectivity index is 0.00000363. The molecular formula is C23H40IN7O. The molecule has 2 fully saturated rings. The Morgan fingerprint density at radius 1 is 1.09 bits per heavy atom. The minimum Gasteiger partial charge on any atom is -0.357 e. The standard InChI is InChI=1S/C23H39N7O.HI/c1-2-24-22(25-12-6-5-10-20-8-3-4-9-20)26-15-11-21(31)29-16-18-30(19-17-29)23-27-13-7-14-28-23;/h7,13-14,20H,2-6,8-12,15-19H2,1H3,(H2,24,25,26);1H. The van der Waals surface area contributed by atoms with Gasteiger partial charge in [-0.15, -0.1) is 24.0 Å². The Labute approximate surface area is 210 Å². The molecule has 1 aliphatic carbocycles. The maximum Gasteiger partial charge on any atom is 0.225 e. The number of amides is 1. The van der Waals surface area contributed by atoms with Crippen molar-refractivity contribution in [2.75, 3.05) is 50.7 Å². The molecule has 0 atom stereocenters. The zero-order valence-corrected chi connectivity index (χ0v) is 21.8. The van der Waals surface area contributed by atoms with Gasteiger partial charge in [-0.3, -0.25) is 9.79 Å². The Morgan fingerprint density at radius 2 is 1.81 bits per heavy atom. The molecule has 9 heteroatoms. The SMILES string of the molecule is CCNC(=NCCCCC1CCCC1)NCCC(=O)N1CCN(c2ncccn2)CC1.I. The van der Waals surface area contributed by atoms with Gasteiger partial charge < -0.3 is 20.4 Å². The Bertz CT molecular complexity index is 674. The van der Waals surface area contributed by atoms with Crippen LogP contribution in [0.1, 0.15) is 58.3 Å². The Hall–Kier alpha value is -1.65. The topological polar surface area (TPSA) is 85.8 Å². The first-order valence-electron chi connectivity index (χ1n) is 12.1. The van der Waals surface area contributed by atoms with Crippen molar-refractivity contribution in [3.8, 4) is 0 Å². The zero-order chi connectivity index (χ0) is 21.7. The maximum absolute atomic E-state index is 12.6. The van der Waals surface area contributed by atoms with Gasteiger partial charge in [-0.25, -0.2) is 9.97 Å². The van der Waals surface area contributed by atoms with Crippen LogP contribution in [-0.4, -0.2) is 72.5 Å². The normalized spacial score (nSPS) is 17.2. The molecule has 2 N–H and O–H groups in total. The number of carbonyl (C=O) groups is 1. The van der Waals surface area contributed by atoms with Crippen molar-refractivity contribution in [3.63, 3.8) is 0 Å². The number of guanidine groups is 1. The molecule has 1 aliphatic heterocycles. The summed E-state index contributed by atoms with van der Waals surface area (Å²) in [5, 5.41) is 6.60. The third kappa shape index (κ3) is 9.07. The predicted molar refractivity (Wildman–Crippen MR) is 141 cm³/mol. The summed E-state index contributed by atoms with van der Waals surface area (Å²) in [6.45, 7) is 7.32. The monoisotopic (exact) mass is 557 g/mol.